The molecule has 2 fully saturated rings. The summed E-state index contributed by atoms with van der Waals surface area (Å²) in [6, 6.07) is 12.4. The van der Waals surface area contributed by atoms with Crippen LogP contribution in [-0.2, 0) is 16.0 Å². The lowest BCUT2D eigenvalue weighted by atomic mass is 9.90. The number of amides is 1. The van der Waals surface area contributed by atoms with Gasteiger partial charge in [-0.15, -0.1) is 0 Å². The van der Waals surface area contributed by atoms with Crippen LogP contribution < -0.4 is 15.5 Å². The molecule has 39 heavy (non-hydrogen) atoms. The van der Waals surface area contributed by atoms with Crippen LogP contribution in [0.2, 0.25) is 5.02 Å². The number of benzene rings is 2. The zero-order valence-corrected chi connectivity index (χ0v) is 22.5. The number of aromatic nitrogens is 1. The number of anilines is 2. The van der Waals surface area contributed by atoms with Gasteiger partial charge in [-0.3, -0.25) is 4.79 Å². The summed E-state index contributed by atoms with van der Waals surface area (Å²) in [5.74, 6) is 0.00621. The van der Waals surface area contributed by atoms with Crippen LogP contribution in [0.1, 0.15) is 41.7 Å². The highest BCUT2D eigenvalue weighted by Crippen LogP contribution is 2.35. The maximum atomic E-state index is 13.5. The Kier molecular flexibility index (Phi) is 7.65. The summed E-state index contributed by atoms with van der Waals surface area (Å²) in [6.07, 6.45) is -1.72. The molecule has 7 nitrogen and oxygen atoms in total. The monoisotopic (exact) mass is 580 g/mol. The van der Waals surface area contributed by atoms with Crippen LogP contribution in [0.3, 0.4) is 0 Å². The number of carbonyl (C=O) groups excluding carboxylic acids is 1. The number of hydrogen-bond acceptors (Lipinski definition) is 6. The fraction of sp³-hybridized carbons (Fsp3) is 0.407. The highest BCUT2D eigenvalue weighted by atomic mass is 35.5. The van der Waals surface area contributed by atoms with Crippen LogP contribution in [0.25, 0.3) is 10.9 Å². The van der Waals surface area contributed by atoms with Crippen LogP contribution in [0.5, 0.6) is 0 Å². The molecule has 1 aliphatic heterocycles. The zero-order chi connectivity index (χ0) is 27.8. The Morgan fingerprint density at radius 3 is 2.38 bits per heavy atom. The maximum Gasteiger partial charge on any atom is 0.433 e. The SMILES string of the molecule is O=C(N[C@@H]1CCC[C@H](Nc2cc(C(F)(F)F)nc3ccc(Cl)cc23)C1)c1ccc(N2CCS(=O)(=O)CC2)cc1. The molecule has 2 heterocycles. The van der Waals surface area contributed by atoms with Crippen molar-refractivity contribution in [2.45, 2.75) is 43.9 Å². The van der Waals surface area contributed by atoms with Gasteiger partial charge in [-0.2, -0.15) is 13.2 Å². The molecule has 1 aromatic heterocycles. The summed E-state index contributed by atoms with van der Waals surface area (Å²) < 4.78 is 63.8. The minimum atomic E-state index is -4.59. The second-order valence-corrected chi connectivity index (χ2v) is 12.8. The summed E-state index contributed by atoms with van der Waals surface area (Å²) in [5, 5.41) is 7.22. The lowest BCUT2D eigenvalue weighted by molar-refractivity contribution is -0.140. The van der Waals surface area contributed by atoms with Gasteiger partial charge >= 0.3 is 6.18 Å². The summed E-state index contributed by atoms with van der Waals surface area (Å²) in [5.41, 5.74) is 0.893. The molecule has 1 amide bonds. The van der Waals surface area contributed by atoms with Gasteiger partial charge in [-0.05, 0) is 74.2 Å². The lowest BCUT2D eigenvalue weighted by Crippen LogP contribution is -2.42. The zero-order valence-electron chi connectivity index (χ0n) is 21.0. The van der Waals surface area contributed by atoms with Crippen LogP contribution >= 0.6 is 11.6 Å². The number of carbonyl (C=O) groups is 1. The Labute approximate surface area is 229 Å². The molecule has 2 atom stereocenters. The first kappa shape index (κ1) is 27.5. The summed E-state index contributed by atoms with van der Waals surface area (Å²) in [4.78, 5) is 18.7. The Hall–Kier alpha value is -3.05. The Bertz CT molecular complexity index is 1470. The van der Waals surface area contributed by atoms with Crippen molar-refractivity contribution < 1.29 is 26.4 Å². The molecular weight excluding hydrogens is 553 g/mol. The molecule has 0 bridgehead atoms. The standard InChI is InChI=1S/C27H28ClF3N4O3S/c28-18-6-9-23-22(14-18)24(16-25(34-23)27(29,30)31)32-19-2-1-3-20(15-19)33-26(36)17-4-7-21(8-5-17)35-10-12-39(37,38)13-11-35/h4-9,14,16,19-20H,1-3,10-13,15H2,(H,32,34)(H,33,36)/t19-,20+/m0/s1. The van der Waals surface area contributed by atoms with Gasteiger partial charge in [0.2, 0.25) is 0 Å². The van der Waals surface area contributed by atoms with Crippen LogP contribution in [0, 0.1) is 0 Å². The van der Waals surface area contributed by atoms with Crippen LogP contribution in [0.15, 0.2) is 48.5 Å². The number of nitrogens with zero attached hydrogens (tertiary/aromatic N) is 2. The normalized spacial score (nSPS) is 21.5. The first-order valence-electron chi connectivity index (χ1n) is 12.8. The van der Waals surface area contributed by atoms with E-state index in [9.17, 15) is 26.4 Å². The van der Waals surface area contributed by atoms with Crippen molar-refractivity contribution in [3.8, 4) is 0 Å². The van der Waals surface area contributed by atoms with Gasteiger partial charge in [0.05, 0.1) is 17.0 Å². The molecule has 0 radical (unpaired) electrons. The number of sulfone groups is 1. The molecule has 2 aliphatic rings. The van der Waals surface area contributed by atoms with E-state index in [1.807, 2.05) is 17.0 Å². The molecule has 3 aromatic rings. The van der Waals surface area contributed by atoms with Crippen molar-refractivity contribution in [2.24, 2.45) is 0 Å². The first-order valence-corrected chi connectivity index (χ1v) is 15.0. The molecule has 208 valence electrons. The second-order valence-electron chi connectivity index (χ2n) is 10.1. The number of halogens is 4. The minimum absolute atomic E-state index is 0.117. The smallest absolute Gasteiger partial charge is 0.382 e. The van der Waals surface area contributed by atoms with E-state index in [-0.39, 0.29) is 35.0 Å². The third-order valence-corrected chi connectivity index (χ3v) is 9.11. The van der Waals surface area contributed by atoms with Crippen LogP contribution in [0.4, 0.5) is 24.5 Å². The molecule has 5 rings (SSSR count). The van der Waals surface area contributed by atoms with Crippen LogP contribution in [-0.4, -0.2) is 56.0 Å². The van der Waals surface area contributed by atoms with Gasteiger partial charge in [0.1, 0.15) is 5.69 Å². The number of nitrogens with one attached hydrogen (secondary N) is 2. The minimum Gasteiger partial charge on any atom is -0.382 e. The second kappa shape index (κ2) is 10.8. The molecule has 2 N–H and O–H groups in total. The average Bonchev–Trinajstić information content (AvgIpc) is 2.88. The molecule has 1 aliphatic carbocycles. The van der Waals surface area contributed by atoms with E-state index < -0.39 is 21.7 Å². The van der Waals surface area contributed by atoms with E-state index in [4.69, 9.17) is 11.6 Å². The van der Waals surface area contributed by atoms with E-state index in [0.717, 1.165) is 31.0 Å². The first-order chi connectivity index (χ1) is 18.5. The summed E-state index contributed by atoms with van der Waals surface area (Å²) in [6.45, 7) is 0.849. The summed E-state index contributed by atoms with van der Waals surface area (Å²) >= 11 is 6.11. The predicted molar refractivity (Wildman–Crippen MR) is 146 cm³/mol. The molecule has 1 saturated heterocycles. The van der Waals surface area contributed by atoms with Gasteiger partial charge in [-0.25, -0.2) is 13.4 Å². The number of fused-ring (bicyclic) bond motifs is 1. The molecule has 1 saturated carbocycles. The third kappa shape index (κ3) is 6.58. The van der Waals surface area contributed by atoms with E-state index >= 15 is 0 Å². The Morgan fingerprint density at radius 2 is 1.69 bits per heavy atom. The molecule has 12 heteroatoms. The quantitative estimate of drug-likeness (QED) is 0.426. The van der Waals surface area contributed by atoms with E-state index in [2.05, 4.69) is 15.6 Å². The van der Waals surface area contributed by atoms with Gasteiger partial charge in [0, 0.05) is 52.5 Å². The topological polar surface area (TPSA) is 91.4 Å². The third-order valence-electron chi connectivity index (χ3n) is 7.27. The number of hydrogen-bond donors (Lipinski definition) is 2. The van der Waals surface area contributed by atoms with Gasteiger partial charge < -0.3 is 15.5 Å². The van der Waals surface area contributed by atoms with E-state index in [1.54, 1.807) is 18.2 Å². The lowest BCUT2D eigenvalue weighted by Gasteiger charge is -2.31. The highest BCUT2D eigenvalue weighted by molar-refractivity contribution is 7.91. The Morgan fingerprint density at radius 1 is 1.00 bits per heavy atom. The number of rotatable bonds is 5. The van der Waals surface area contributed by atoms with Crippen molar-refractivity contribution in [1.29, 1.82) is 0 Å². The molecule has 0 unspecified atom stereocenters. The fourth-order valence-corrected chi connectivity index (χ4v) is 6.57. The van der Waals surface area contributed by atoms with Gasteiger partial charge in [0.25, 0.3) is 5.91 Å². The van der Waals surface area contributed by atoms with E-state index in [1.165, 1.54) is 12.1 Å². The molecule has 0 spiro atoms. The van der Waals surface area contributed by atoms with E-state index in [0.29, 0.717) is 41.2 Å². The number of alkyl halides is 3. The van der Waals surface area contributed by atoms with Gasteiger partial charge in [0.15, 0.2) is 9.84 Å². The van der Waals surface area contributed by atoms with Crippen molar-refractivity contribution >= 4 is 49.6 Å². The van der Waals surface area contributed by atoms with Gasteiger partial charge in [-0.1, -0.05) is 11.6 Å². The fourth-order valence-electron chi connectivity index (χ4n) is 5.20. The Balaban J connectivity index is 1.25. The van der Waals surface area contributed by atoms with Crippen molar-refractivity contribution in [2.75, 3.05) is 34.8 Å². The molecule has 2 aromatic carbocycles. The highest BCUT2D eigenvalue weighted by Gasteiger charge is 2.34. The number of pyridine rings is 1. The largest absolute Gasteiger partial charge is 0.433 e. The van der Waals surface area contributed by atoms with Crippen molar-refractivity contribution in [3.05, 3.63) is 64.8 Å². The van der Waals surface area contributed by atoms with Crippen molar-refractivity contribution in [3.63, 3.8) is 0 Å². The van der Waals surface area contributed by atoms with Crippen molar-refractivity contribution in [1.82, 2.24) is 10.3 Å². The maximum absolute atomic E-state index is 13.5. The molecular formula is C27H28ClF3N4O3S. The summed E-state index contributed by atoms with van der Waals surface area (Å²) in [7, 11) is -2.98. The predicted octanol–water partition coefficient (Wildman–Crippen LogP) is 5.29. The average molecular weight is 581 g/mol.